The van der Waals surface area contributed by atoms with Gasteiger partial charge in [-0.1, -0.05) is 0 Å². The molecule has 2 fully saturated rings. The first-order valence-corrected chi connectivity index (χ1v) is 13.4. The minimum absolute atomic E-state index is 0.0342. The normalized spacial score (nSPS) is 17.2. The number of hydrogen-bond donors (Lipinski definition) is 1. The van der Waals surface area contributed by atoms with Gasteiger partial charge in [-0.05, 0) is 37.1 Å². The van der Waals surface area contributed by atoms with Crippen LogP contribution in [0.2, 0.25) is 0 Å². The monoisotopic (exact) mass is 534 g/mol. The van der Waals surface area contributed by atoms with Crippen molar-refractivity contribution >= 4 is 22.6 Å². The standard InChI is InChI=1S/C29H30N10O/c1-36(2)25-4-3-20(13-21(25)14-31)28(40)37-11-6-23(7-12-37)38-17-29(18-38,8-9-30)39-16-22(15-35-39)26-24-5-10-32-27(24)34-19-33-26/h3-5,10,13,15-16,19,23H,6-8,11-12,17-18H2,1-2H3,(H,32,33,34). The molecular weight excluding hydrogens is 504 g/mol. The number of nitriles is 2. The molecule has 2 saturated heterocycles. The van der Waals surface area contributed by atoms with Crippen LogP contribution in [-0.4, -0.2) is 86.8 Å². The summed E-state index contributed by atoms with van der Waals surface area (Å²) in [5.41, 5.74) is 3.96. The van der Waals surface area contributed by atoms with E-state index in [4.69, 9.17) is 0 Å². The van der Waals surface area contributed by atoms with E-state index in [-0.39, 0.29) is 11.4 Å². The zero-order valence-corrected chi connectivity index (χ0v) is 22.6. The molecule has 11 nitrogen and oxygen atoms in total. The van der Waals surface area contributed by atoms with Gasteiger partial charge in [-0.15, -0.1) is 0 Å². The predicted octanol–water partition coefficient (Wildman–Crippen LogP) is 2.99. The Morgan fingerprint density at radius 3 is 2.70 bits per heavy atom. The molecule has 202 valence electrons. The van der Waals surface area contributed by atoms with E-state index in [1.54, 1.807) is 18.5 Å². The van der Waals surface area contributed by atoms with Crippen LogP contribution in [0.1, 0.15) is 35.2 Å². The lowest BCUT2D eigenvalue weighted by Gasteiger charge is -2.53. The highest BCUT2D eigenvalue weighted by molar-refractivity contribution is 5.95. The van der Waals surface area contributed by atoms with E-state index in [0.717, 1.165) is 53.9 Å². The average molecular weight is 535 g/mol. The number of fused-ring (bicyclic) bond motifs is 1. The molecule has 2 aliphatic rings. The number of H-pyrrole nitrogens is 1. The third-order valence-corrected chi connectivity index (χ3v) is 8.21. The number of amides is 1. The summed E-state index contributed by atoms with van der Waals surface area (Å²) in [6.07, 6.45) is 9.29. The maximum absolute atomic E-state index is 13.2. The molecule has 0 spiro atoms. The van der Waals surface area contributed by atoms with Crippen LogP contribution in [0, 0.1) is 22.7 Å². The van der Waals surface area contributed by atoms with Crippen molar-refractivity contribution in [2.24, 2.45) is 0 Å². The van der Waals surface area contributed by atoms with Crippen molar-refractivity contribution in [3.8, 4) is 23.4 Å². The zero-order chi connectivity index (χ0) is 27.9. The molecule has 0 bridgehead atoms. The molecule has 1 aromatic carbocycles. The molecule has 4 aromatic rings. The van der Waals surface area contributed by atoms with Gasteiger partial charge in [0.05, 0.1) is 35.6 Å². The van der Waals surface area contributed by atoms with Crippen molar-refractivity contribution in [2.75, 3.05) is 45.2 Å². The Labute approximate surface area is 232 Å². The fraction of sp³-hybridized carbons (Fsp3) is 0.379. The third-order valence-electron chi connectivity index (χ3n) is 8.21. The molecule has 5 heterocycles. The van der Waals surface area contributed by atoms with Crippen LogP contribution in [0.5, 0.6) is 0 Å². The Balaban J connectivity index is 1.11. The van der Waals surface area contributed by atoms with Crippen molar-refractivity contribution in [1.29, 1.82) is 10.5 Å². The number of rotatable bonds is 6. The largest absolute Gasteiger partial charge is 0.377 e. The van der Waals surface area contributed by atoms with Crippen LogP contribution in [0.3, 0.4) is 0 Å². The number of nitrogens with one attached hydrogen (secondary N) is 1. The fourth-order valence-corrected chi connectivity index (χ4v) is 6.03. The summed E-state index contributed by atoms with van der Waals surface area (Å²) in [5.74, 6) is -0.0342. The van der Waals surface area contributed by atoms with Crippen LogP contribution in [0.15, 0.2) is 49.2 Å². The fourth-order valence-electron chi connectivity index (χ4n) is 6.03. The number of nitrogens with zero attached hydrogens (tertiary/aromatic N) is 9. The van der Waals surface area contributed by atoms with Crippen molar-refractivity contribution in [3.63, 3.8) is 0 Å². The van der Waals surface area contributed by atoms with E-state index in [1.165, 1.54) is 0 Å². The second-order valence-corrected chi connectivity index (χ2v) is 10.9. The second-order valence-electron chi connectivity index (χ2n) is 10.9. The third kappa shape index (κ3) is 4.34. The van der Waals surface area contributed by atoms with E-state index < -0.39 is 0 Å². The van der Waals surface area contributed by atoms with E-state index >= 15 is 0 Å². The number of benzene rings is 1. The second kappa shape index (κ2) is 10.1. The van der Waals surface area contributed by atoms with Crippen LogP contribution in [0.25, 0.3) is 22.3 Å². The van der Waals surface area contributed by atoms with E-state index in [0.29, 0.717) is 36.7 Å². The molecule has 3 aromatic heterocycles. The van der Waals surface area contributed by atoms with Gasteiger partial charge in [0.2, 0.25) is 0 Å². The molecule has 2 aliphatic heterocycles. The number of aromatic amines is 1. The number of piperidine rings is 1. The zero-order valence-electron chi connectivity index (χ0n) is 22.6. The molecule has 6 rings (SSSR count). The molecule has 1 amide bonds. The van der Waals surface area contributed by atoms with Crippen molar-refractivity contribution in [2.45, 2.75) is 30.8 Å². The van der Waals surface area contributed by atoms with Crippen molar-refractivity contribution < 1.29 is 4.79 Å². The average Bonchev–Trinajstić information content (AvgIpc) is 3.64. The SMILES string of the molecule is CN(C)c1ccc(C(=O)N2CCC(N3CC(CC#N)(n4cc(-c5ncnc6[nH]ccc56)cn4)C3)CC2)cc1C#N. The minimum atomic E-state index is -0.383. The lowest BCUT2D eigenvalue weighted by atomic mass is 9.83. The maximum Gasteiger partial charge on any atom is 0.253 e. The molecule has 0 aliphatic carbocycles. The first kappa shape index (κ1) is 25.5. The van der Waals surface area contributed by atoms with Gasteiger partial charge in [0.25, 0.3) is 5.91 Å². The molecule has 0 unspecified atom stereocenters. The van der Waals surface area contributed by atoms with Crippen molar-refractivity contribution in [3.05, 3.63) is 60.3 Å². The van der Waals surface area contributed by atoms with Crippen molar-refractivity contribution in [1.82, 2.24) is 34.5 Å². The predicted molar refractivity (Wildman–Crippen MR) is 149 cm³/mol. The number of carbonyl (C=O) groups excluding carboxylic acids is 1. The molecule has 0 atom stereocenters. The summed E-state index contributed by atoms with van der Waals surface area (Å²) >= 11 is 0. The lowest BCUT2D eigenvalue weighted by Crippen LogP contribution is -2.66. The topological polar surface area (TPSA) is 134 Å². The summed E-state index contributed by atoms with van der Waals surface area (Å²) < 4.78 is 1.94. The molecule has 1 N–H and O–H groups in total. The minimum Gasteiger partial charge on any atom is -0.377 e. The molecular formula is C29H30N10O. The number of hydrogen-bond acceptors (Lipinski definition) is 8. The first-order chi connectivity index (χ1) is 19.4. The summed E-state index contributed by atoms with van der Waals surface area (Å²) in [7, 11) is 3.77. The Kier molecular flexibility index (Phi) is 6.45. The number of anilines is 1. The number of carbonyl (C=O) groups is 1. The van der Waals surface area contributed by atoms with E-state index in [1.807, 2.05) is 59.3 Å². The molecule has 11 heteroatoms. The highest BCUT2D eigenvalue weighted by Gasteiger charge is 2.48. The quantitative estimate of drug-likeness (QED) is 0.399. The van der Waals surface area contributed by atoms with Gasteiger partial charge in [0.1, 0.15) is 23.6 Å². The van der Waals surface area contributed by atoms with Crippen LogP contribution >= 0.6 is 0 Å². The van der Waals surface area contributed by atoms with Gasteiger partial charge in [-0.2, -0.15) is 15.6 Å². The summed E-state index contributed by atoms with van der Waals surface area (Å²) in [6.45, 7) is 2.80. The highest BCUT2D eigenvalue weighted by atomic mass is 16.2. The summed E-state index contributed by atoms with van der Waals surface area (Å²) in [4.78, 5) is 31.2. The van der Waals surface area contributed by atoms with E-state index in [2.05, 4.69) is 37.1 Å². The van der Waals surface area contributed by atoms with Gasteiger partial charge in [-0.25, -0.2) is 9.97 Å². The molecule has 0 radical (unpaired) electrons. The van der Waals surface area contributed by atoms with Gasteiger partial charge < -0.3 is 14.8 Å². The van der Waals surface area contributed by atoms with Gasteiger partial charge in [-0.3, -0.25) is 14.4 Å². The highest BCUT2D eigenvalue weighted by Crippen LogP contribution is 2.37. The maximum atomic E-state index is 13.2. The van der Waals surface area contributed by atoms with Crippen LogP contribution in [-0.2, 0) is 5.54 Å². The summed E-state index contributed by atoms with van der Waals surface area (Å²) in [6, 6.07) is 12.2. The smallest absolute Gasteiger partial charge is 0.253 e. The lowest BCUT2D eigenvalue weighted by molar-refractivity contribution is -0.0412. The van der Waals surface area contributed by atoms with Crippen LogP contribution < -0.4 is 4.90 Å². The number of likely N-dealkylation sites (tertiary alicyclic amines) is 2. The Morgan fingerprint density at radius 2 is 1.98 bits per heavy atom. The number of aromatic nitrogens is 5. The van der Waals surface area contributed by atoms with E-state index in [9.17, 15) is 15.3 Å². The van der Waals surface area contributed by atoms with Crippen LogP contribution in [0.4, 0.5) is 5.69 Å². The first-order valence-electron chi connectivity index (χ1n) is 13.4. The Hall–Kier alpha value is -4.74. The molecule has 0 saturated carbocycles. The Morgan fingerprint density at radius 1 is 1.18 bits per heavy atom. The molecule has 40 heavy (non-hydrogen) atoms. The van der Waals surface area contributed by atoms with Gasteiger partial charge in [0, 0.05) is 75.2 Å². The van der Waals surface area contributed by atoms with Gasteiger partial charge >= 0.3 is 0 Å². The summed E-state index contributed by atoms with van der Waals surface area (Å²) in [5, 5.41) is 24.8. The Bertz CT molecular complexity index is 1640. The van der Waals surface area contributed by atoms with Gasteiger partial charge in [0.15, 0.2) is 0 Å².